The Labute approximate surface area is 145 Å². The van der Waals surface area contributed by atoms with Gasteiger partial charge in [0.15, 0.2) is 0 Å². The molecule has 1 atom stereocenters. The highest BCUT2D eigenvalue weighted by Gasteiger charge is 2.24. The number of nitrogens with zero attached hydrogens (tertiary/aromatic N) is 1. The SMILES string of the molecule is C#CCOCC1CCCN(C(=O)c2ccc(OCCCC)cc2)C1. The van der Waals surface area contributed by atoms with Gasteiger partial charge in [-0.25, -0.2) is 0 Å². The topological polar surface area (TPSA) is 38.8 Å². The number of benzene rings is 1. The van der Waals surface area contributed by atoms with E-state index < -0.39 is 0 Å². The summed E-state index contributed by atoms with van der Waals surface area (Å²) in [7, 11) is 0. The molecule has 1 aliphatic rings. The van der Waals surface area contributed by atoms with Crippen molar-refractivity contribution in [1.82, 2.24) is 4.90 Å². The lowest BCUT2D eigenvalue weighted by atomic mass is 9.98. The van der Waals surface area contributed by atoms with Crippen LogP contribution in [0, 0.1) is 18.3 Å². The van der Waals surface area contributed by atoms with E-state index in [1.165, 1.54) is 0 Å². The van der Waals surface area contributed by atoms with Crippen LogP contribution in [0.2, 0.25) is 0 Å². The molecular formula is C20H27NO3. The standard InChI is InChI=1S/C20H27NO3/c1-3-5-14-24-19-10-8-18(9-11-19)20(22)21-12-6-7-17(15-21)16-23-13-4-2/h2,8-11,17H,3,5-7,12-16H2,1H3. The Balaban J connectivity index is 1.87. The Hall–Kier alpha value is -1.99. The largest absolute Gasteiger partial charge is 0.494 e. The molecule has 0 saturated carbocycles. The fourth-order valence-corrected chi connectivity index (χ4v) is 2.88. The Morgan fingerprint density at radius 2 is 2.17 bits per heavy atom. The molecule has 1 fully saturated rings. The van der Waals surface area contributed by atoms with Crippen LogP contribution >= 0.6 is 0 Å². The van der Waals surface area contributed by atoms with Crippen LogP contribution < -0.4 is 4.74 Å². The number of amides is 1. The second-order valence-corrected chi connectivity index (χ2v) is 6.21. The van der Waals surface area contributed by atoms with Gasteiger partial charge in [0.2, 0.25) is 0 Å². The number of terminal acetylenes is 1. The van der Waals surface area contributed by atoms with Gasteiger partial charge >= 0.3 is 0 Å². The fraction of sp³-hybridized carbons (Fsp3) is 0.550. The van der Waals surface area contributed by atoms with Crippen LogP contribution in [0.3, 0.4) is 0 Å². The molecule has 4 heteroatoms. The third-order valence-corrected chi connectivity index (χ3v) is 4.21. The zero-order chi connectivity index (χ0) is 17.2. The minimum atomic E-state index is 0.0803. The summed E-state index contributed by atoms with van der Waals surface area (Å²) in [5.41, 5.74) is 0.711. The molecule has 2 rings (SSSR count). The first kappa shape index (κ1) is 18.4. The quantitative estimate of drug-likeness (QED) is 0.542. The summed E-state index contributed by atoms with van der Waals surface area (Å²) in [6, 6.07) is 7.45. The van der Waals surface area contributed by atoms with Gasteiger partial charge in [0, 0.05) is 24.6 Å². The molecule has 130 valence electrons. The number of likely N-dealkylation sites (tertiary alicyclic amines) is 1. The van der Waals surface area contributed by atoms with E-state index in [4.69, 9.17) is 15.9 Å². The molecule has 1 unspecified atom stereocenters. The molecule has 0 aliphatic carbocycles. The summed E-state index contributed by atoms with van der Waals surface area (Å²) in [6.45, 7) is 5.35. The average molecular weight is 329 g/mol. The summed E-state index contributed by atoms with van der Waals surface area (Å²) in [6.07, 6.45) is 9.43. The van der Waals surface area contributed by atoms with Gasteiger partial charge in [-0.1, -0.05) is 19.3 Å². The Morgan fingerprint density at radius 3 is 2.88 bits per heavy atom. The van der Waals surface area contributed by atoms with Crippen molar-refractivity contribution in [2.45, 2.75) is 32.6 Å². The third-order valence-electron chi connectivity index (χ3n) is 4.21. The first-order valence-corrected chi connectivity index (χ1v) is 8.78. The number of hydrogen-bond acceptors (Lipinski definition) is 3. The monoisotopic (exact) mass is 329 g/mol. The second kappa shape index (κ2) is 10.00. The Bertz CT molecular complexity index is 547. The van der Waals surface area contributed by atoms with Gasteiger partial charge in [0.25, 0.3) is 5.91 Å². The minimum Gasteiger partial charge on any atom is -0.494 e. The van der Waals surface area contributed by atoms with E-state index in [1.54, 1.807) is 0 Å². The maximum atomic E-state index is 12.7. The smallest absolute Gasteiger partial charge is 0.253 e. The molecule has 1 aromatic rings. The molecule has 0 aromatic heterocycles. The van der Waals surface area contributed by atoms with Crippen molar-refractivity contribution in [3.05, 3.63) is 29.8 Å². The normalized spacial score (nSPS) is 17.3. The van der Waals surface area contributed by atoms with Crippen LogP contribution in [0.1, 0.15) is 43.0 Å². The number of ether oxygens (including phenoxy) is 2. The maximum Gasteiger partial charge on any atom is 0.253 e. The van der Waals surface area contributed by atoms with Crippen LogP contribution in [-0.2, 0) is 4.74 Å². The van der Waals surface area contributed by atoms with Gasteiger partial charge < -0.3 is 14.4 Å². The number of piperidine rings is 1. The molecule has 0 bridgehead atoms. The molecule has 4 nitrogen and oxygen atoms in total. The van der Waals surface area contributed by atoms with E-state index in [2.05, 4.69) is 12.8 Å². The molecule has 0 spiro atoms. The number of unbranched alkanes of at least 4 members (excludes halogenated alkanes) is 1. The van der Waals surface area contributed by atoms with Gasteiger partial charge in [-0.2, -0.15) is 0 Å². The van der Waals surface area contributed by atoms with Crippen LogP contribution in [0.4, 0.5) is 0 Å². The van der Waals surface area contributed by atoms with Gasteiger partial charge in [0.1, 0.15) is 12.4 Å². The highest BCUT2D eigenvalue weighted by atomic mass is 16.5. The summed E-state index contributed by atoms with van der Waals surface area (Å²) in [4.78, 5) is 14.6. The van der Waals surface area contributed by atoms with E-state index in [0.29, 0.717) is 24.7 Å². The van der Waals surface area contributed by atoms with Crippen molar-refractivity contribution in [3.63, 3.8) is 0 Å². The lowest BCUT2D eigenvalue weighted by Gasteiger charge is -2.32. The molecule has 1 heterocycles. The molecular weight excluding hydrogens is 302 g/mol. The predicted octanol–water partition coefficient (Wildman–Crippen LogP) is 3.37. The van der Waals surface area contributed by atoms with Crippen LogP contribution in [0.15, 0.2) is 24.3 Å². The van der Waals surface area contributed by atoms with Crippen molar-refractivity contribution in [1.29, 1.82) is 0 Å². The molecule has 1 saturated heterocycles. The number of carbonyl (C=O) groups is 1. The third kappa shape index (κ3) is 5.58. The van der Waals surface area contributed by atoms with Gasteiger partial charge in [-0.15, -0.1) is 6.42 Å². The predicted molar refractivity (Wildman–Crippen MR) is 95.1 cm³/mol. The average Bonchev–Trinajstić information content (AvgIpc) is 2.62. The number of rotatable bonds is 8. The first-order chi connectivity index (χ1) is 11.7. The van der Waals surface area contributed by atoms with Crippen molar-refractivity contribution >= 4 is 5.91 Å². The Morgan fingerprint density at radius 1 is 1.38 bits per heavy atom. The summed E-state index contributed by atoms with van der Waals surface area (Å²) < 4.78 is 11.1. The lowest BCUT2D eigenvalue weighted by molar-refractivity contribution is 0.0534. The maximum absolute atomic E-state index is 12.7. The molecule has 24 heavy (non-hydrogen) atoms. The molecule has 0 radical (unpaired) electrons. The Kier molecular flexibility index (Phi) is 7.64. The molecule has 1 aliphatic heterocycles. The van der Waals surface area contributed by atoms with Gasteiger partial charge in [0.05, 0.1) is 13.2 Å². The number of carbonyl (C=O) groups excluding carboxylic acids is 1. The van der Waals surface area contributed by atoms with E-state index >= 15 is 0 Å². The lowest BCUT2D eigenvalue weighted by Crippen LogP contribution is -2.41. The summed E-state index contributed by atoms with van der Waals surface area (Å²) in [5.74, 6) is 3.74. The van der Waals surface area contributed by atoms with Crippen molar-refractivity contribution in [2.24, 2.45) is 5.92 Å². The van der Waals surface area contributed by atoms with E-state index in [0.717, 1.165) is 51.1 Å². The van der Waals surface area contributed by atoms with E-state index in [-0.39, 0.29) is 5.91 Å². The van der Waals surface area contributed by atoms with Crippen LogP contribution in [0.25, 0.3) is 0 Å². The zero-order valence-electron chi connectivity index (χ0n) is 14.5. The summed E-state index contributed by atoms with van der Waals surface area (Å²) >= 11 is 0. The highest BCUT2D eigenvalue weighted by molar-refractivity contribution is 5.94. The highest BCUT2D eigenvalue weighted by Crippen LogP contribution is 2.20. The molecule has 1 amide bonds. The van der Waals surface area contributed by atoms with Gasteiger partial charge in [-0.3, -0.25) is 4.79 Å². The minimum absolute atomic E-state index is 0.0803. The van der Waals surface area contributed by atoms with Crippen LogP contribution in [-0.4, -0.2) is 43.7 Å². The fourth-order valence-electron chi connectivity index (χ4n) is 2.88. The van der Waals surface area contributed by atoms with Crippen molar-refractivity contribution < 1.29 is 14.3 Å². The zero-order valence-corrected chi connectivity index (χ0v) is 14.5. The molecule has 1 aromatic carbocycles. The van der Waals surface area contributed by atoms with Crippen molar-refractivity contribution in [3.8, 4) is 18.1 Å². The van der Waals surface area contributed by atoms with Gasteiger partial charge in [-0.05, 0) is 43.5 Å². The first-order valence-electron chi connectivity index (χ1n) is 8.78. The second-order valence-electron chi connectivity index (χ2n) is 6.21. The number of hydrogen-bond donors (Lipinski definition) is 0. The summed E-state index contributed by atoms with van der Waals surface area (Å²) in [5, 5.41) is 0. The molecule has 0 N–H and O–H groups in total. The van der Waals surface area contributed by atoms with Crippen molar-refractivity contribution in [2.75, 3.05) is 32.9 Å². The van der Waals surface area contributed by atoms with E-state index in [1.807, 2.05) is 29.2 Å². The van der Waals surface area contributed by atoms with E-state index in [9.17, 15) is 4.79 Å². The van der Waals surface area contributed by atoms with Crippen LogP contribution in [0.5, 0.6) is 5.75 Å².